The number of aromatic nitrogens is 2. The average Bonchev–Trinajstić information content (AvgIpc) is 2.91. The Morgan fingerprint density at radius 1 is 1.60 bits per heavy atom. The minimum atomic E-state index is -0.372. The second kappa shape index (κ2) is 6.76. The van der Waals surface area contributed by atoms with Crippen molar-refractivity contribution in [1.29, 1.82) is 0 Å². The third-order valence-corrected chi connectivity index (χ3v) is 3.44. The lowest BCUT2D eigenvalue weighted by molar-refractivity contribution is 0.0605. The van der Waals surface area contributed by atoms with Gasteiger partial charge in [-0.2, -0.15) is 5.10 Å². The molecule has 0 bridgehead atoms. The highest BCUT2D eigenvalue weighted by atomic mass is 32.1. The second-order valence-electron chi connectivity index (χ2n) is 3.80. The van der Waals surface area contributed by atoms with Crippen LogP contribution >= 0.6 is 11.3 Å². The molecule has 0 amide bonds. The zero-order valence-corrected chi connectivity index (χ0v) is 12.0. The van der Waals surface area contributed by atoms with Crippen LogP contribution in [0.2, 0.25) is 0 Å². The summed E-state index contributed by atoms with van der Waals surface area (Å²) in [6.45, 7) is 1.93. The van der Waals surface area contributed by atoms with Crippen LogP contribution in [0.5, 0.6) is 0 Å². The molecule has 0 spiro atoms. The predicted octanol–water partition coefficient (Wildman–Crippen LogP) is 2.33. The van der Waals surface area contributed by atoms with Gasteiger partial charge < -0.3 is 4.74 Å². The molecule has 0 saturated carbocycles. The molecule has 0 aliphatic heterocycles. The van der Waals surface area contributed by atoms with Crippen LogP contribution in [0.15, 0.2) is 29.6 Å². The highest BCUT2D eigenvalue weighted by Crippen LogP contribution is 2.24. The number of nitrogens with one attached hydrogen (secondary N) is 1. The van der Waals surface area contributed by atoms with Crippen LogP contribution in [0, 0.1) is 0 Å². The lowest BCUT2D eigenvalue weighted by Gasteiger charge is -1.95. The zero-order valence-electron chi connectivity index (χ0n) is 11.2. The average molecular weight is 290 g/mol. The Balaban J connectivity index is 2.09. The van der Waals surface area contributed by atoms with Gasteiger partial charge in [0.2, 0.25) is 5.13 Å². The van der Waals surface area contributed by atoms with Gasteiger partial charge in [-0.25, -0.2) is 9.78 Å². The number of nitrogens with zero attached hydrogens (tertiary/aromatic N) is 3. The van der Waals surface area contributed by atoms with Crippen molar-refractivity contribution in [3.63, 3.8) is 0 Å². The second-order valence-corrected chi connectivity index (χ2v) is 4.80. The molecule has 0 saturated heterocycles. The maximum Gasteiger partial charge on any atom is 0.350 e. The van der Waals surface area contributed by atoms with Crippen molar-refractivity contribution < 1.29 is 9.53 Å². The summed E-state index contributed by atoms with van der Waals surface area (Å²) in [6.07, 6.45) is 5.69. The van der Waals surface area contributed by atoms with E-state index in [1.54, 1.807) is 18.6 Å². The first kappa shape index (κ1) is 14.1. The van der Waals surface area contributed by atoms with E-state index in [1.807, 2.05) is 19.1 Å². The summed E-state index contributed by atoms with van der Waals surface area (Å²) in [4.78, 5) is 20.4. The normalized spacial score (nSPS) is 10.7. The molecule has 0 aliphatic carbocycles. The van der Waals surface area contributed by atoms with Gasteiger partial charge in [-0.05, 0) is 12.5 Å². The lowest BCUT2D eigenvalue weighted by atomic mass is 10.3. The number of rotatable bonds is 5. The molecule has 20 heavy (non-hydrogen) atoms. The third-order valence-electron chi connectivity index (χ3n) is 2.46. The Labute approximate surface area is 120 Å². The SMILES string of the molecule is CCc1nc(N/N=C\c2cccnc2)sc1C(=O)OC. The summed E-state index contributed by atoms with van der Waals surface area (Å²) < 4.78 is 4.72. The maximum atomic E-state index is 11.6. The first-order valence-corrected chi connectivity index (χ1v) is 6.83. The topological polar surface area (TPSA) is 76.5 Å². The molecule has 7 heteroatoms. The van der Waals surface area contributed by atoms with E-state index in [0.29, 0.717) is 22.1 Å². The van der Waals surface area contributed by atoms with Gasteiger partial charge in [-0.3, -0.25) is 10.4 Å². The van der Waals surface area contributed by atoms with E-state index in [9.17, 15) is 4.79 Å². The number of thiazole rings is 1. The molecule has 104 valence electrons. The molecule has 0 aromatic carbocycles. The molecule has 2 heterocycles. The minimum absolute atomic E-state index is 0.372. The van der Waals surface area contributed by atoms with Crippen molar-refractivity contribution in [1.82, 2.24) is 9.97 Å². The lowest BCUT2D eigenvalue weighted by Crippen LogP contribution is -2.01. The van der Waals surface area contributed by atoms with Crippen LogP contribution in [0.4, 0.5) is 5.13 Å². The van der Waals surface area contributed by atoms with E-state index >= 15 is 0 Å². The molecule has 0 atom stereocenters. The summed E-state index contributed by atoms with van der Waals surface area (Å²) in [6, 6.07) is 3.71. The number of hydrogen-bond donors (Lipinski definition) is 1. The predicted molar refractivity (Wildman–Crippen MR) is 78.3 cm³/mol. The van der Waals surface area contributed by atoms with Gasteiger partial charge in [0, 0.05) is 18.0 Å². The Morgan fingerprint density at radius 3 is 3.10 bits per heavy atom. The number of aryl methyl sites for hydroxylation is 1. The van der Waals surface area contributed by atoms with Crippen molar-refractivity contribution in [3.05, 3.63) is 40.7 Å². The molecule has 0 fully saturated rings. The smallest absolute Gasteiger partial charge is 0.350 e. The first-order chi connectivity index (χ1) is 9.74. The van der Waals surface area contributed by atoms with E-state index in [1.165, 1.54) is 18.4 Å². The molecule has 6 nitrogen and oxygen atoms in total. The zero-order chi connectivity index (χ0) is 14.4. The molecule has 0 radical (unpaired) electrons. The Kier molecular flexibility index (Phi) is 4.78. The molecular formula is C13H14N4O2S. The molecule has 2 aromatic heterocycles. The number of methoxy groups -OCH3 is 1. The van der Waals surface area contributed by atoms with Crippen molar-refractivity contribution >= 4 is 28.7 Å². The van der Waals surface area contributed by atoms with Crippen molar-refractivity contribution in [2.45, 2.75) is 13.3 Å². The van der Waals surface area contributed by atoms with Gasteiger partial charge in [0.15, 0.2) is 0 Å². The molecule has 0 unspecified atom stereocenters. The Morgan fingerprint density at radius 2 is 2.45 bits per heavy atom. The Bertz CT molecular complexity index is 610. The van der Waals surface area contributed by atoms with Gasteiger partial charge in [0.25, 0.3) is 0 Å². The van der Waals surface area contributed by atoms with E-state index in [2.05, 4.69) is 20.5 Å². The van der Waals surface area contributed by atoms with Crippen molar-refractivity contribution in [2.75, 3.05) is 12.5 Å². The third kappa shape index (κ3) is 3.39. The van der Waals surface area contributed by atoms with Gasteiger partial charge in [-0.15, -0.1) is 0 Å². The summed E-state index contributed by atoms with van der Waals surface area (Å²) in [5.41, 5.74) is 4.39. The van der Waals surface area contributed by atoms with Crippen LogP contribution in [0.25, 0.3) is 0 Å². The number of anilines is 1. The summed E-state index contributed by atoms with van der Waals surface area (Å²) in [5, 5.41) is 4.62. The van der Waals surface area contributed by atoms with Gasteiger partial charge in [0.05, 0.1) is 19.0 Å². The van der Waals surface area contributed by atoms with Crippen LogP contribution in [0.3, 0.4) is 0 Å². The fraction of sp³-hybridized carbons (Fsp3) is 0.231. The van der Waals surface area contributed by atoms with E-state index in [4.69, 9.17) is 4.74 Å². The fourth-order valence-electron chi connectivity index (χ4n) is 1.51. The van der Waals surface area contributed by atoms with E-state index in [0.717, 1.165) is 5.56 Å². The molecule has 1 N–H and O–H groups in total. The summed E-state index contributed by atoms with van der Waals surface area (Å²) in [5.74, 6) is -0.372. The van der Waals surface area contributed by atoms with Crippen LogP contribution < -0.4 is 5.43 Å². The minimum Gasteiger partial charge on any atom is -0.465 e. The number of carbonyl (C=O) groups excluding carboxylic acids is 1. The fourth-order valence-corrected chi connectivity index (χ4v) is 2.43. The number of carbonyl (C=O) groups is 1. The van der Waals surface area contributed by atoms with Crippen LogP contribution in [0.1, 0.15) is 27.9 Å². The summed E-state index contributed by atoms with van der Waals surface area (Å²) in [7, 11) is 1.36. The van der Waals surface area contributed by atoms with Gasteiger partial charge in [-0.1, -0.05) is 24.3 Å². The molecule has 0 aliphatic rings. The molecular weight excluding hydrogens is 276 g/mol. The molecule has 2 aromatic rings. The number of hydrazone groups is 1. The van der Waals surface area contributed by atoms with E-state index < -0.39 is 0 Å². The van der Waals surface area contributed by atoms with Gasteiger partial charge in [0.1, 0.15) is 4.88 Å². The largest absolute Gasteiger partial charge is 0.465 e. The number of hydrogen-bond acceptors (Lipinski definition) is 7. The number of ether oxygens (including phenoxy) is 1. The standard InChI is InChI=1S/C13H14N4O2S/c1-3-10-11(12(18)19-2)20-13(16-10)17-15-8-9-5-4-6-14-7-9/h4-8H,3H2,1-2H3,(H,16,17)/b15-8-. The van der Waals surface area contributed by atoms with Crippen LogP contribution in [-0.2, 0) is 11.2 Å². The van der Waals surface area contributed by atoms with Crippen molar-refractivity contribution in [3.8, 4) is 0 Å². The van der Waals surface area contributed by atoms with Gasteiger partial charge >= 0.3 is 5.97 Å². The highest BCUT2D eigenvalue weighted by molar-refractivity contribution is 7.17. The van der Waals surface area contributed by atoms with Crippen molar-refractivity contribution in [2.24, 2.45) is 5.10 Å². The van der Waals surface area contributed by atoms with Crippen LogP contribution in [-0.4, -0.2) is 29.3 Å². The first-order valence-electron chi connectivity index (χ1n) is 6.01. The summed E-state index contributed by atoms with van der Waals surface area (Å²) >= 11 is 1.23. The monoisotopic (exact) mass is 290 g/mol. The number of pyridine rings is 1. The Hall–Kier alpha value is -2.28. The quantitative estimate of drug-likeness (QED) is 0.519. The maximum absolute atomic E-state index is 11.6. The highest BCUT2D eigenvalue weighted by Gasteiger charge is 2.17. The van der Waals surface area contributed by atoms with E-state index in [-0.39, 0.29) is 5.97 Å². The number of esters is 1. The molecule has 2 rings (SSSR count).